The third-order valence-electron chi connectivity index (χ3n) is 1.82. The molecule has 2 rings (SSSR count). The van der Waals surface area contributed by atoms with Crippen molar-refractivity contribution in [1.82, 2.24) is 0 Å². The number of nitrogens with two attached hydrogens (primary N) is 1. The minimum Gasteiger partial charge on any atom is -0.404 e. The Balaban J connectivity index is 0.000000280. The van der Waals surface area contributed by atoms with E-state index in [4.69, 9.17) is 33.7 Å². The van der Waals surface area contributed by atoms with Crippen LogP contribution in [0.5, 0.6) is 0 Å². The highest BCUT2D eigenvalue weighted by Crippen LogP contribution is 2.11. The molecule has 94 valence electrons. The van der Waals surface area contributed by atoms with Gasteiger partial charge in [-0.2, -0.15) is 5.26 Å². The summed E-state index contributed by atoms with van der Waals surface area (Å²) in [5.74, 6) is 0. The van der Waals surface area contributed by atoms with E-state index in [9.17, 15) is 0 Å². The van der Waals surface area contributed by atoms with Crippen molar-refractivity contribution in [2.24, 2.45) is 0 Å². The minimum atomic E-state index is -4.94. The second-order valence-electron chi connectivity index (χ2n) is 3.05. The van der Waals surface area contributed by atoms with Crippen LogP contribution in [0.25, 0.3) is 11.0 Å². The van der Waals surface area contributed by atoms with Crippen molar-refractivity contribution in [3.05, 3.63) is 41.4 Å². The summed E-state index contributed by atoms with van der Waals surface area (Å²) in [5.41, 5.74) is 1.24. The van der Waals surface area contributed by atoms with Gasteiger partial charge in [0.2, 0.25) is 0 Å². The molecule has 0 atom stereocenters. The molecule has 8 heteroatoms. The molecule has 0 bridgehead atoms. The predicted octanol–water partition coefficient (Wildman–Crippen LogP) is -4.79. The summed E-state index contributed by atoms with van der Waals surface area (Å²) >= 11 is 0. The summed E-state index contributed by atoms with van der Waals surface area (Å²) in [6.45, 7) is 0. The Bertz CT molecular complexity index is 635. The van der Waals surface area contributed by atoms with Crippen molar-refractivity contribution in [3.63, 3.8) is 0 Å². The Morgan fingerprint density at radius 1 is 1.17 bits per heavy atom. The molecule has 0 aliphatic heterocycles. The molecule has 0 aliphatic rings. The lowest BCUT2D eigenvalue weighted by atomic mass is 10.2. The molecule has 1 aromatic heterocycles. The van der Waals surface area contributed by atoms with E-state index in [0.29, 0.717) is 11.1 Å². The van der Waals surface area contributed by atoms with Crippen molar-refractivity contribution < 1.29 is 38.7 Å². The van der Waals surface area contributed by atoms with Crippen LogP contribution in [-0.4, -0.2) is 0 Å². The topological polar surface area (TPSA) is 155 Å². The minimum absolute atomic E-state index is 0.168. The number of rotatable bonds is 0. The predicted molar refractivity (Wildman–Crippen MR) is 46.0 cm³/mol. The van der Waals surface area contributed by atoms with Crippen LogP contribution < -0.4 is 29.6 Å². The Labute approximate surface area is 103 Å². The van der Waals surface area contributed by atoms with Gasteiger partial charge >= 0.3 is 5.55 Å². The van der Waals surface area contributed by atoms with Gasteiger partial charge in [0.05, 0.1) is 0 Å². The number of fused-ring (bicyclic) bond motifs is 1. The molecular weight excluding hydrogens is 264 g/mol. The molecule has 0 radical (unpaired) electrons. The normalized spacial score (nSPS) is 10.4. The summed E-state index contributed by atoms with van der Waals surface area (Å²) in [7, 11) is -4.94. The highest BCUT2D eigenvalue weighted by atomic mass is 35.7. The second-order valence-corrected chi connectivity index (χ2v) is 3.81. The lowest BCUT2D eigenvalue weighted by Gasteiger charge is -2.17. The average Bonchev–Trinajstić information content (AvgIpc) is 2.26. The Morgan fingerprint density at radius 3 is 2.28 bits per heavy atom. The van der Waals surface area contributed by atoms with Crippen LogP contribution >= 0.6 is 0 Å². The summed E-state index contributed by atoms with van der Waals surface area (Å²) in [4.78, 5) is 0. The number of nitrogens with zero attached hydrogens (tertiary/aromatic N) is 1. The number of nitriles is 1. The Morgan fingerprint density at radius 2 is 1.72 bits per heavy atom. The summed E-state index contributed by atoms with van der Waals surface area (Å²) in [5, 5.41) is 15.1. The SMILES string of the molecule is N#Cc1cc2ccccc2oc1=[NH2+].[O-][Cl+3]([O-])([O-])[O-]. The maximum atomic E-state index is 8.69. The first-order chi connectivity index (χ1) is 8.31. The highest BCUT2D eigenvalue weighted by Gasteiger charge is 2.03. The first-order valence-electron chi connectivity index (χ1n) is 4.44. The molecule has 0 saturated carbocycles. The number of hydrogen-bond acceptors (Lipinski definition) is 6. The van der Waals surface area contributed by atoms with Crippen molar-refractivity contribution >= 4 is 11.0 Å². The van der Waals surface area contributed by atoms with Crippen LogP contribution in [0.4, 0.5) is 0 Å². The average molecular weight is 271 g/mol. The fourth-order valence-electron chi connectivity index (χ4n) is 1.18. The van der Waals surface area contributed by atoms with E-state index >= 15 is 0 Å². The summed E-state index contributed by atoms with van der Waals surface area (Å²) in [6, 6.07) is 11.1. The molecular formula is C10H7ClN2O5. The second kappa shape index (κ2) is 5.59. The van der Waals surface area contributed by atoms with E-state index in [0.717, 1.165) is 5.39 Å². The molecule has 0 amide bonds. The monoisotopic (exact) mass is 270 g/mol. The summed E-state index contributed by atoms with van der Waals surface area (Å²) in [6.07, 6.45) is 0. The van der Waals surface area contributed by atoms with Crippen LogP contribution in [0.2, 0.25) is 0 Å². The quantitative estimate of drug-likeness (QED) is 0.506. The van der Waals surface area contributed by atoms with Gasteiger partial charge in [-0.1, -0.05) is 18.2 Å². The lowest BCUT2D eigenvalue weighted by molar-refractivity contribution is -2.00. The van der Waals surface area contributed by atoms with Gasteiger partial charge < -0.3 is 4.42 Å². The first kappa shape index (κ1) is 14.1. The van der Waals surface area contributed by atoms with Gasteiger partial charge in [0, 0.05) is 5.39 Å². The van der Waals surface area contributed by atoms with Crippen LogP contribution in [-0.2, 0) is 0 Å². The number of benzene rings is 1. The van der Waals surface area contributed by atoms with Gasteiger partial charge in [-0.05, 0) is 12.1 Å². The zero-order valence-electron chi connectivity index (χ0n) is 8.83. The molecule has 0 unspecified atom stereocenters. The fraction of sp³-hybridized carbons (Fsp3) is 0. The van der Waals surface area contributed by atoms with E-state index in [1.807, 2.05) is 30.3 Å². The number of hydrogen-bond donors (Lipinski definition) is 1. The Hall–Kier alpha value is -1.95. The van der Waals surface area contributed by atoms with Crippen molar-refractivity contribution in [2.75, 3.05) is 0 Å². The van der Waals surface area contributed by atoms with Crippen LogP contribution in [0.3, 0.4) is 0 Å². The lowest BCUT2D eigenvalue weighted by Crippen LogP contribution is -2.68. The Kier molecular flexibility index (Phi) is 4.38. The maximum Gasteiger partial charge on any atom is 0.383 e. The third kappa shape index (κ3) is 4.50. The van der Waals surface area contributed by atoms with E-state index in [-0.39, 0.29) is 5.55 Å². The van der Waals surface area contributed by atoms with Crippen LogP contribution in [0.15, 0.2) is 34.7 Å². The standard InChI is InChI=1S/C10H6N2O.ClHO4/c11-6-8-5-7-3-1-2-4-9(7)13-10(8)12;2-1(3,4)5/h1-5,12H;(H,2,3,4,5). The van der Waals surface area contributed by atoms with Crippen molar-refractivity contribution in [1.29, 1.82) is 5.26 Å². The van der Waals surface area contributed by atoms with Gasteiger partial charge in [0.25, 0.3) is 0 Å². The van der Waals surface area contributed by atoms with Gasteiger partial charge in [0.15, 0.2) is 5.56 Å². The number of para-hydroxylation sites is 1. The van der Waals surface area contributed by atoms with Gasteiger partial charge in [-0.15, -0.1) is 10.2 Å². The van der Waals surface area contributed by atoms with Gasteiger partial charge in [-0.25, -0.2) is 24.0 Å². The molecule has 1 aromatic carbocycles. The zero-order valence-corrected chi connectivity index (χ0v) is 9.59. The molecule has 0 fully saturated rings. The van der Waals surface area contributed by atoms with E-state index < -0.39 is 10.2 Å². The molecule has 7 nitrogen and oxygen atoms in total. The molecule has 1 heterocycles. The van der Waals surface area contributed by atoms with Crippen LogP contribution in [0, 0.1) is 21.6 Å². The van der Waals surface area contributed by atoms with Gasteiger partial charge in [0.1, 0.15) is 11.7 Å². The zero-order chi connectivity index (χ0) is 13.8. The summed E-state index contributed by atoms with van der Waals surface area (Å²) < 4.78 is 39.2. The molecule has 2 N–H and O–H groups in total. The van der Waals surface area contributed by atoms with Crippen molar-refractivity contribution in [2.45, 2.75) is 0 Å². The first-order valence-corrected chi connectivity index (χ1v) is 5.68. The maximum absolute atomic E-state index is 8.69. The van der Waals surface area contributed by atoms with E-state index in [1.165, 1.54) is 0 Å². The molecule has 18 heavy (non-hydrogen) atoms. The molecule has 0 aliphatic carbocycles. The van der Waals surface area contributed by atoms with E-state index in [2.05, 4.69) is 0 Å². The fourth-order valence-corrected chi connectivity index (χ4v) is 1.18. The van der Waals surface area contributed by atoms with E-state index in [1.54, 1.807) is 6.07 Å². The van der Waals surface area contributed by atoms with Crippen LogP contribution in [0.1, 0.15) is 5.56 Å². The largest absolute Gasteiger partial charge is 0.404 e. The third-order valence-corrected chi connectivity index (χ3v) is 1.82. The smallest absolute Gasteiger partial charge is 0.383 e. The number of halogens is 1. The molecule has 2 aromatic rings. The molecule has 0 saturated heterocycles. The van der Waals surface area contributed by atoms with Gasteiger partial charge in [-0.3, -0.25) is 0 Å². The molecule has 0 spiro atoms. The van der Waals surface area contributed by atoms with Crippen molar-refractivity contribution in [3.8, 4) is 6.07 Å². The highest BCUT2D eigenvalue weighted by molar-refractivity contribution is 5.77.